The Kier molecular flexibility index (Phi) is 8.22. The third kappa shape index (κ3) is 6.57. The standard InChI is InChI=1S/C19H30N2O5S/c1-14-4-10-17(11-5-14)27(23,24)21-12-15-6-8-16(9-7-15)19(22)20-13-18(25-2)26-3/h4-5,10-11,15-16,18,21H,6-9,12-13H2,1-3H3,(H,20,22). The molecule has 1 saturated carbocycles. The Balaban J connectivity index is 1.75. The third-order valence-corrected chi connectivity index (χ3v) is 6.52. The molecular formula is C19H30N2O5S. The molecule has 0 radical (unpaired) electrons. The van der Waals surface area contributed by atoms with Crippen molar-refractivity contribution in [3.8, 4) is 0 Å². The van der Waals surface area contributed by atoms with E-state index in [-0.39, 0.29) is 22.6 Å². The number of carbonyl (C=O) groups is 1. The summed E-state index contributed by atoms with van der Waals surface area (Å²) in [5.41, 5.74) is 1.02. The molecule has 0 bridgehead atoms. The highest BCUT2D eigenvalue weighted by atomic mass is 32.2. The van der Waals surface area contributed by atoms with Crippen molar-refractivity contribution >= 4 is 15.9 Å². The van der Waals surface area contributed by atoms with Crippen LogP contribution >= 0.6 is 0 Å². The molecule has 7 nitrogen and oxygen atoms in total. The first-order valence-electron chi connectivity index (χ1n) is 9.25. The second-order valence-corrected chi connectivity index (χ2v) is 8.80. The van der Waals surface area contributed by atoms with Gasteiger partial charge in [-0.05, 0) is 50.7 Å². The first kappa shape index (κ1) is 21.8. The van der Waals surface area contributed by atoms with E-state index in [4.69, 9.17) is 9.47 Å². The number of hydrogen-bond acceptors (Lipinski definition) is 5. The fourth-order valence-corrected chi connectivity index (χ4v) is 4.36. The molecule has 1 amide bonds. The molecule has 1 aromatic rings. The molecule has 2 rings (SSSR count). The quantitative estimate of drug-likeness (QED) is 0.619. The predicted octanol–water partition coefficient (Wildman–Crippen LogP) is 1.81. The lowest BCUT2D eigenvalue weighted by Gasteiger charge is -2.28. The van der Waals surface area contributed by atoms with Crippen molar-refractivity contribution in [2.75, 3.05) is 27.3 Å². The topological polar surface area (TPSA) is 93.7 Å². The molecule has 0 unspecified atom stereocenters. The molecule has 0 heterocycles. The van der Waals surface area contributed by atoms with E-state index in [1.165, 1.54) is 14.2 Å². The van der Waals surface area contributed by atoms with Crippen LogP contribution in [-0.2, 0) is 24.3 Å². The van der Waals surface area contributed by atoms with Gasteiger partial charge in [-0.3, -0.25) is 4.79 Å². The normalized spacial score (nSPS) is 20.6. The van der Waals surface area contributed by atoms with Crippen molar-refractivity contribution in [2.24, 2.45) is 11.8 Å². The molecule has 0 atom stereocenters. The lowest BCUT2D eigenvalue weighted by Crippen LogP contribution is -2.39. The van der Waals surface area contributed by atoms with Gasteiger partial charge in [-0.25, -0.2) is 13.1 Å². The number of methoxy groups -OCH3 is 2. The van der Waals surface area contributed by atoms with Crippen LogP contribution in [0.15, 0.2) is 29.2 Å². The number of amides is 1. The number of hydrogen-bond donors (Lipinski definition) is 2. The first-order valence-corrected chi connectivity index (χ1v) is 10.7. The van der Waals surface area contributed by atoms with Crippen LogP contribution < -0.4 is 10.0 Å². The maximum absolute atomic E-state index is 12.4. The van der Waals surface area contributed by atoms with Crippen LogP contribution in [0.1, 0.15) is 31.2 Å². The van der Waals surface area contributed by atoms with E-state index >= 15 is 0 Å². The van der Waals surface area contributed by atoms with Crippen molar-refractivity contribution in [1.82, 2.24) is 10.0 Å². The van der Waals surface area contributed by atoms with Crippen LogP contribution in [-0.4, -0.2) is 47.9 Å². The molecule has 2 N–H and O–H groups in total. The lowest BCUT2D eigenvalue weighted by atomic mass is 9.81. The first-order chi connectivity index (χ1) is 12.9. The zero-order valence-corrected chi connectivity index (χ0v) is 17.1. The van der Waals surface area contributed by atoms with Crippen LogP contribution in [0, 0.1) is 18.8 Å². The van der Waals surface area contributed by atoms with Gasteiger partial charge in [0.05, 0.1) is 11.4 Å². The Morgan fingerprint density at radius 1 is 1.11 bits per heavy atom. The molecule has 27 heavy (non-hydrogen) atoms. The van der Waals surface area contributed by atoms with E-state index < -0.39 is 16.3 Å². The highest BCUT2D eigenvalue weighted by molar-refractivity contribution is 7.89. The van der Waals surface area contributed by atoms with Crippen LogP contribution in [0.4, 0.5) is 0 Å². The Morgan fingerprint density at radius 3 is 2.26 bits per heavy atom. The average Bonchev–Trinajstić information content (AvgIpc) is 2.68. The van der Waals surface area contributed by atoms with Crippen molar-refractivity contribution in [3.63, 3.8) is 0 Å². The van der Waals surface area contributed by atoms with Crippen LogP contribution in [0.25, 0.3) is 0 Å². The van der Waals surface area contributed by atoms with E-state index in [2.05, 4.69) is 10.0 Å². The van der Waals surface area contributed by atoms with Crippen LogP contribution in [0.2, 0.25) is 0 Å². The number of sulfonamides is 1. The van der Waals surface area contributed by atoms with Crippen molar-refractivity contribution < 1.29 is 22.7 Å². The number of rotatable bonds is 9. The van der Waals surface area contributed by atoms with E-state index in [0.717, 1.165) is 31.2 Å². The van der Waals surface area contributed by atoms with Gasteiger partial charge < -0.3 is 14.8 Å². The molecule has 152 valence electrons. The number of ether oxygens (including phenoxy) is 2. The summed E-state index contributed by atoms with van der Waals surface area (Å²) in [6.07, 6.45) is 2.72. The second-order valence-electron chi connectivity index (χ2n) is 7.03. The van der Waals surface area contributed by atoms with Gasteiger partial charge >= 0.3 is 0 Å². The van der Waals surface area contributed by atoms with Gasteiger partial charge in [0.25, 0.3) is 0 Å². The zero-order valence-electron chi connectivity index (χ0n) is 16.2. The monoisotopic (exact) mass is 398 g/mol. The maximum atomic E-state index is 12.4. The summed E-state index contributed by atoms with van der Waals surface area (Å²) in [5, 5.41) is 2.85. The molecule has 0 aliphatic heterocycles. The summed E-state index contributed by atoms with van der Waals surface area (Å²) in [4.78, 5) is 12.5. The van der Waals surface area contributed by atoms with Gasteiger partial charge in [0.1, 0.15) is 0 Å². The van der Waals surface area contributed by atoms with Gasteiger partial charge in [0, 0.05) is 26.7 Å². The van der Waals surface area contributed by atoms with E-state index in [0.29, 0.717) is 13.1 Å². The highest BCUT2D eigenvalue weighted by Crippen LogP contribution is 2.28. The minimum Gasteiger partial charge on any atom is -0.354 e. The Labute approximate surface area is 161 Å². The maximum Gasteiger partial charge on any atom is 0.240 e. The van der Waals surface area contributed by atoms with Gasteiger partial charge in [0.15, 0.2) is 6.29 Å². The predicted molar refractivity (Wildman–Crippen MR) is 103 cm³/mol. The fourth-order valence-electron chi connectivity index (χ4n) is 3.25. The van der Waals surface area contributed by atoms with E-state index in [1.54, 1.807) is 24.3 Å². The Bertz CT molecular complexity index is 693. The molecular weight excluding hydrogens is 368 g/mol. The fraction of sp³-hybridized carbons (Fsp3) is 0.632. The third-order valence-electron chi connectivity index (χ3n) is 5.08. The Morgan fingerprint density at radius 2 is 1.70 bits per heavy atom. The molecule has 1 fully saturated rings. The highest BCUT2D eigenvalue weighted by Gasteiger charge is 2.27. The molecule has 8 heteroatoms. The Hall–Kier alpha value is -1.48. The minimum absolute atomic E-state index is 0.00721. The molecule has 1 aromatic carbocycles. The van der Waals surface area contributed by atoms with E-state index in [1.807, 2.05) is 6.92 Å². The van der Waals surface area contributed by atoms with E-state index in [9.17, 15) is 13.2 Å². The van der Waals surface area contributed by atoms with Crippen LogP contribution in [0.5, 0.6) is 0 Å². The second kappa shape index (κ2) is 10.2. The number of benzene rings is 1. The summed E-state index contributed by atoms with van der Waals surface area (Å²) in [5.74, 6) is 0.220. The summed E-state index contributed by atoms with van der Waals surface area (Å²) in [6.45, 7) is 2.64. The summed E-state index contributed by atoms with van der Waals surface area (Å²) < 4.78 is 37.6. The summed E-state index contributed by atoms with van der Waals surface area (Å²) in [7, 11) is -0.425. The summed E-state index contributed by atoms with van der Waals surface area (Å²) in [6, 6.07) is 6.81. The number of nitrogens with one attached hydrogen (secondary N) is 2. The molecule has 0 saturated heterocycles. The number of carbonyl (C=O) groups excluding carboxylic acids is 1. The van der Waals surface area contributed by atoms with Crippen molar-refractivity contribution in [3.05, 3.63) is 29.8 Å². The smallest absolute Gasteiger partial charge is 0.240 e. The largest absolute Gasteiger partial charge is 0.354 e. The van der Waals surface area contributed by atoms with Gasteiger partial charge in [-0.15, -0.1) is 0 Å². The molecule has 0 aromatic heterocycles. The minimum atomic E-state index is -3.49. The van der Waals surface area contributed by atoms with Crippen molar-refractivity contribution in [1.29, 1.82) is 0 Å². The lowest BCUT2D eigenvalue weighted by molar-refractivity contribution is -0.132. The molecule has 1 aliphatic rings. The van der Waals surface area contributed by atoms with Gasteiger partial charge in [0.2, 0.25) is 15.9 Å². The van der Waals surface area contributed by atoms with Crippen LogP contribution in [0.3, 0.4) is 0 Å². The van der Waals surface area contributed by atoms with Gasteiger partial charge in [-0.2, -0.15) is 0 Å². The number of aryl methyl sites for hydroxylation is 1. The average molecular weight is 399 g/mol. The van der Waals surface area contributed by atoms with Crippen molar-refractivity contribution in [2.45, 2.75) is 43.8 Å². The van der Waals surface area contributed by atoms with Gasteiger partial charge in [-0.1, -0.05) is 17.7 Å². The SMILES string of the molecule is COC(CNC(=O)C1CCC(CNS(=O)(=O)c2ccc(C)cc2)CC1)OC. The zero-order chi connectivity index (χ0) is 19.9. The summed E-state index contributed by atoms with van der Waals surface area (Å²) >= 11 is 0. The molecule has 1 aliphatic carbocycles. The molecule has 0 spiro atoms.